The van der Waals surface area contributed by atoms with Crippen LogP contribution < -0.4 is 0 Å². The number of Topliss-reactive ketones (excluding diaryl/α,β-unsaturated/α-hetero) is 1. The average molecular weight is 300 g/mol. The largest absolute Gasteiger partial charge is 0.297 e. The molecule has 20 heavy (non-hydrogen) atoms. The number of carbonyl (C=O) groups excluding carboxylic acids is 1. The molecule has 0 bridgehead atoms. The van der Waals surface area contributed by atoms with E-state index >= 15 is 0 Å². The van der Waals surface area contributed by atoms with Crippen molar-refractivity contribution in [1.29, 1.82) is 0 Å². The van der Waals surface area contributed by atoms with E-state index in [1.165, 1.54) is 0 Å². The zero-order chi connectivity index (χ0) is 15.5. The Labute approximate surface area is 127 Å². The number of halogens is 1. The van der Waals surface area contributed by atoms with Crippen molar-refractivity contribution in [3.05, 3.63) is 16.4 Å². The molecule has 0 unspecified atom stereocenters. The van der Waals surface area contributed by atoms with Crippen LogP contribution in [-0.2, 0) is 17.8 Å². The number of aromatic nitrogens is 2. The summed E-state index contributed by atoms with van der Waals surface area (Å²) in [6, 6.07) is 0. The Morgan fingerprint density at radius 2 is 1.85 bits per heavy atom. The van der Waals surface area contributed by atoms with Gasteiger partial charge >= 0.3 is 0 Å². The van der Waals surface area contributed by atoms with E-state index in [-0.39, 0.29) is 5.78 Å². The van der Waals surface area contributed by atoms with Crippen molar-refractivity contribution in [2.24, 2.45) is 0 Å². The molecular formula is C15H26ClN3O. The number of nitrogens with zero attached hydrogens (tertiary/aromatic N) is 3. The summed E-state index contributed by atoms with van der Waals surface area (Å²) in [5.74, 6) is 0.212. The Morgan fingerprint density at radius 3 is 2.25 bits per heavy atom. The fourth-order valence-corrected chi connectivity index (χ4v) is 3.08. The molecule has 0 saturated heterocycles. The molecule has 0 aliphatic rings. The molecule has 1 aromatic rings. The highest BCUT2D eigenvalue weighted by molar-refractivity contribution is 6.32. The normalized spacial score (nSPS) is 12.2. The van der Waals surface area contributed by atoms with Gasteiger partial charge in [-0.25, -0.2) is 0 Å². The number of ketones is 1. The maximum absolute atomic E-state index is 12.8. The van der Waals surface area contributed by atoms with E-state index < -0.39 is 5.54 Å². The lowest BCUT2D eigenvalue weighted by Gasteiger charge is -2.37. The highest BCUT2D eigenvalue weighted by Crippen LogP contribution is 2.27. The lowest BCUT2D eigenvalue weighted by molar-refractivity contribution is -0.129. The molecule has 1 rings (SSSR count). The van der Waals surface area contributed by atoms with Crippen molar-refractivity contribution in [3.63, 3.8) is 0 Å². The number of hydrogen-bond donors (Lipinski definition) is 0. The Morgan fingerprint density at radius 1 is 1.30 bits per heavy atom. The van der Waals surface area contributed by atoms with Crippen LogP contribution in [0.15, 0.2) is 0 Å². The molecule has 0 aromatic carbocycles. The van der Waals surface area contributed by atoms with E-state index in [0.29, 0.717) is 11.4 Å². The van der Waals surface area contributed by atoms with E-state index in [4.69, 9.17) is 11.6 Å². The van der Waals surface area contributed by atoms with Gasteiger partial charge in [0.2, 0.25) is 0 Å². The number of carbonyl (C=O) groups is 1. The Hall–Kier alpha value is -0.870. The summed E-state index contributed by atoms with van der Waals surface area (Å²) in [5, 5.41) is 5.00. The first-order valence-electron chi connectivity index (χ1n) is 7.26. The van der Waals surface area contributed by atoms with Gasteiger partial charge in [0.25, 0.3) is 0 Å². The van der Waals surface area contributed by atoms with Crippen LogP contribution in [0.4, 0.5) is 0 Å². The minimum absolute atomic E-state index is 0.212. The highest BCUT2D eigenvalue weighted by Gasteiger charge is 2.37. The van der Waals surface area contributed by atoms with E-state index in [1.807, 2.05) is 37.5 Å². The summed E-state index contributed by atoms with van der Waals surface area (Å²) >= 11 is 6.30. The first kappa shape index (κ1) is 17.2. The summed E-state index contributed by atoms with van der Waals surface area (Å²) in [7, 11) is 3.93. The molecular weight excluding hydrogens is 274 g/mol. The van der Waals surface area contributed by atoms with Gasteiger partial charge < -0.3 is 0 Å². The molecule has 0 radical (unpaired) electrons. The fraction of sp³-hybridized carbons (Fsp3) is 0.733. The Bertz CT molecular complexity index is 476. The first-order valence-corrected chi connectivity index (χ1v) is 7.64. The lowest BCUT2D eigenvalue weighted by atomic mass is 9.84. The molecule has 0 amide bonds. The summed E-state index contributed by atoms with van der Waals surface area (Å²) in [6.07, 6.45) is 1.94. The molecule has 114 valence electrons. The summed E-state index contributed by atoms with van der Waals surface area (Å²) < 4.78 is 1.83. The van der Waals surface area contributed by atoms with Crippen LogP contribution in [0.1, 0.15) is 45.0 Å². The molecule has 0 fully saturated rings. The number of hydrogen-bond acceptors (Lipinski definition) is 3. The zero-order valence-corrected chi connectivity index (χ0v) is 14.2. The van der Waals surface area contributed by atoms with Gasteiger partial charge in [-0.3, -0.25) is 14.4 Å². The molecule has 0 spiro atoms. The van der Waals surface area contributed by atoms with Crippen LogP contribution in [0.5, 0.6) is 0 Å². The van der Waals surface area contributed by atoms with Crippen LogP contribution in [0.25, 0.3) is 0 Å². The van der Waals surface area contributed by atoms with Gasteiger partial charge in [-0.2, -0.15) is 5.10 Å². The van der Waals surface area contributed by atoms with Gasteiger partial charge in [-0.05, 0) is 40.8 Å². The third kappa shape index (κ3) is 2.91. The van der Waals surface area contributed by atoms with Gasteiger partial charge in [-0.15, -0.1) is 0 Å². The maximum Gasteiger partial charge on any atom is 0.159 e. The predicted octanol–water partition coefficient (Wildman–Crippen LogP) is 3.10. The van der Waals surface area contributed by atoms with Gasteiger partial charge in [0.05, 0.1) is 28.4 Å². The van der Waals surface area contributed by atoms with Gasteiger partial charge in [-0.1, -0.05) is 25.4 Å². The topological polar surface area (TPSA) is 38.1 Å². The zero-order valence-electron chi connectivity index (χ0n) is 13.5. The van der Waals surface area contributed by atoms with Gasteiger partial charge in [0, 0.05) is 6.54 Å². The molecule has 0 aliphatic carbocycles. The molecule has 0 atom stereocenters. The first-order chi connectivity index (χ1) is 9.33. The standard InChI is InChI=1S/C15H26ClN3O/c1-7-15(8-2,18(5)6)13(20)10-12-14(16)11(4)17-19(12)9-3/h7-10H2,1-6H3. The van der Waals surface area contributed by atoms with E-state index in [0.717, 1.165) is 30.8 Å². The Balaban J connectivity index is 3.12. The summed E-state index contributed by atoms with van der Waals surface area (Å²) in [5.41, 5.74) is 1.21. The third-order valence-electron chi connectivity index (χ3n) is 4.33. The minimum atomic E-state index is -0.417. The predicted molar refractivity (Wildman–Crippen MR) is 83.4 cm³/mol. The number of rotatable bonds is 7. The second-order valence-electron chi connectivity index (χ2n) is 5.39. The molecule has 0 saturated carbocycles. The summed E-state index contributed by atoms with van der Waals surface area (Å²) in [4.78, 5) is 14.9. The molecule has 4 nitrogen and oxygen atoms in total. The van der Waals surface area contributed by atoms with Crippen molar-refractivity contribution in [2.75, 3.05) is 14.1 Å². The fourth-order valence-electron chi connectivity index (χ4n) is 2.88. The van der Waals surface area contributed by atoms with Crippen LogP contribution in [0.2, 0.25) is 5.02 Å². The maximum atomic E-state index is 12.8. The van der Waals surface area contributed by atoms with Crippen molar-refractivity contribution < 1.29 is 4.79 Å². The quantitative estimate of drug-likeness (QED) is 0.776. The van der Waals surface area contributed by atoms with Crippen molar-refractivity contribution >= 4 is 17.4 Å². The molecule has 5 heteroatoms. The van der Waals surface area contributed by atoms with Crippen molar-refractivity contribution in [2.45, 2.75) is 59.0 Å². The second kappa shape index (κ2) is 6.72. The van der Waals surface area contributed by atoms with E-state index in [2.05, 4.69) is 18.9 Å². The third-order valence-corrected chi connectivity index (χ3v) is 4.82. The smallest absolute Gasteiger partial charge is 0.159 e. The van der Waals surface area contributed by atoms with Crippen molar-refractivity contribution in [1.82, 2.24) is 14.7 Å². The van der Waals surface area contributed by atoms with Crippen LogP contribution in [0, 0.1) is 6.92 Å². The monoisotopic (exact) mass is 299 g/mol. The molecule has 1 aromatic heterocycles. The number of aryl methyl sites for hydroxylation is 2. The van der Waals surface area contributed by atoms with Gasteiger partial charge in [0.1, 0.15) is 0 Å². The van der Waals surface area contributed by atoms with E-state index in [1.54, 1.807) is 0 Å². The van der Waals surface area contributed by atoms with Crippen LogP contribution >= 0.6 is 11.6 Å². The molecule has 1 heterocycles. The highest BCUT2D eigenvalue weighted by atomic mass is 35.5. The minimum Gasteiger partial charge on any atom is -0.297 e. The molecule has 0 N–H and O–H groups in total. The van der Waals surface area contributed by atoms with Crippen LogP contribution in [0.3, 0.4) is 0 Å². The Kier molecular flexibility index (Phi) is 5.78. The molecule has 0 aliphatic heterocycles. The van der Waals surface area contributed by atoms with Crippen molar-refractivity contribution in [3.8, 4) is 0 Å². The summed E-state index contributed by atoms with van der Waals surface area (Å²) in [6.45, 7) is 8.73. The van der Waals surface area contributed by atoms with Gasteiger partial charge in [0.15, 0.2) is 5.78 Å². The SMILES string of the molecule is CCn1nc(C)c(Cl)c1CC(=O)C(CC)(CC)N(C)C. The van der Waals surface area contributed by atoms with Crippen LogP contribution in [-0.4, -0.2) is 40.1 Å². The second-order valence-corrected chi connectivity index (χ2v) is 5.77. The average Bonchev–Trinajstić information content (AvgIpc) is 2.68. The number of likely N-dealkylation sites (N-methyl/N-ethyl adjacent to an activating group) is 1. The van der Waals surface area contributed by atoms with E-state index in [9.17, 15) is 4.79 Å². The lowest BCUT2D eigenvalue weighted by Crippen LogP contribution is -2.51.